The summed E-state index contributed by atoms with van der Waals surface area (Å²) in [6.45, 7) is 1.29. The van der Waals surface area contributed by atoms with E-state index < -0.39 is 0 Å². The Hall–Kier alpha value is -1.79. The lowest BCUT2D eigenvalue weighted by molar-refractivity contribution is 0.182. The summed E-state index contributed by atoms with van der Waals surface area (Å²) in [5.41, 5.74) is 1.12. The third-order valence-electron chi connectivity index (χ3n) is 2.56. The summed E-state index contributed by atoms with van der Waals surface area (Å²) in [6.07, 6.45) is 4.73. The molecule has 0 amide bonds. The van der Waals surface area contributed by atoms with Crippen LogP contribution in [0, 0.1) is 0 Å². The van der Waals surface area contributed by atoms with E-state index in [4.69, 9.17) is 20.8 Å². The van der Waals surface area contributed by atoms with Gasteiger partial charge in [0.05, 0.1) is 37.6 Å². The number of ether oxygens (including phenoxy) is 1. The van der Waals surface area contributed by atoms with Crippen molar-refractivity contribution in [2.45, 2.75) is 13.1 Å². The summed E-state index contributed by atoms with van der Waals surface area (Å²) in [6, 6.07) is 1.83. The lowest BCUT2D eigenvalue weighted by atomic mass is 10.3. The Bertz CT molecular complexity index is 580. The normalized spacial score (nSPS) is 10.6. The molecule has 0 saturated heterocycles. The number of furan rings is 1. The van der Waals surface area contributed by atoms with Gasteiger partial charge in [-0.1, -0.05) is 11.6 Å². The molecule has 0 unspecified atom stereocenters. The molecule has 102 valence electrons. The molecule has 0 aliphatic rings. The van der Waals surface area contributed by atoms with Gasteiger partial charge < -0.3 is 14.5 Å². The van der Waals surface area contributed by atoms with Crippen LogP contribution in [-0.4, -0.2) is 23.5 Å². The maximum absolute atomic E-state index is 11.9. The zero-order valence-corrected chi connectivity index (χ0v) is 11.2. The molecule has 0 spiro atoms. The van der Waals surface area contributed by atoms with Gasteiger partial charge in [0.1, 0.15) is 5.02 Å². The van der Waals surface area contributed by atoms with Gasteiger partial charge in [-0.2, -0.15) is 5.10 Å². The van der Waals surface area contributed by atoms with Crippen LogP contribution in [0.25, 0.3) is 0 Å². The number of hydrogen-bond acceptors (Lipinski definition) is 5. The van der Waals surface area contributed by atoms with E-state index in [1.807, 2.05) is 6.07 Å². The molecule has 2 aromatic rings. The first-order valence-corrected chi connectivity index (χ1v) is 6.09. The van der Waals surface area contributed by atoms with Crippen LogP contribution in [0.1, 0.15) is 5.56 Å². The highest BCUT2D eigenvalue weighted by molar-refractivity contribution is 6.32. The van der Waals surface area contributed by atoms with Crippen molar-refractivity contribution in [2.75, 3.05) is 19.0 Å². The predicted molar refractivity (Wildman–Crippen MR) is 71.4 cm³/mol. The molecule has 0 radical (unpaired) electrons. The summed E-state index contributed by atoms with van der Waals surface area (Å²) in [7, 11) is 1.56. The third kappa shape index (κ3) is 3.36. The Morgan fingerprint density at radius 3 is 3.11 bits per heavy atom. The fourth-order valence-corrected chi connectivity index (χ4v) is 1.73. The van der Waals surface area contributed by atoms with E-state index in [-0.39, 0.29) is 10.6 Å². The van der Waals surface area contributed by atoms with E-state index in [1.54, 1.807) is 19.6 Å². The zero-order valence-electron chi connectivity index (χ0n) is 10.4. The van der Waals surface area contributed by atoms with Crippen LogP contribution in [0.2, 0.25) is 5.02 Å². The topological polar surface area (TPSA) is 69.3 Å². The summed E-state index contributed by atoms with van der Waals surface area (Å²) in [5.74, 6) is 0. The van der Waals surface area contributed by atoms with Gasteiger partial charge in [0.25, 0.3) is 5.56 Å². The van der Waals surface area contributed by atoms with Gasteiger partial charge in [-0.3, -0.25) is 4.79 Å². The molecule has 7 heteroatoms. The Kier molecular flexibility index (Phi) is 4.59. The maximum Gasteiger partial charge on any atom is 0.287 e. The summed E-state index contributed by atoms with van der Waals surface area (Å²) in [4.78, 5) is 11.9. The Morgan fingerprint density at radius 2 is 2.42 bits per heavy atom. The van der Waals surface area contributed by atoms with Crippen LogP contribution in [0.15, 0.2) is 34.0 Å². The molecule has 0 aliphatic heterocycles. The Balaban J connectivity index is 2.09. The Morgan fingerprint density at radius 1 is 1.58 bits per heavy atom. The van der Waals surface area contributed by atoms with Crippen LogP contribution >= 0.6 is 11.6 Å². The van der Waals surface area contributed by atoms with Crippen molar-refractivity contribution in [1.82, 2.24) is 9.78 Å². The van der Waals surface area contributed by atoms with E-state index in [1.165, 1.54) is 10.9 Å². The maximum atomic E-state index is 11.9. The van der Waals surface area contributed by atoms with Crippen LogP contribution in [0.5, 0.6) is 0 Å². The standard InChI is InChI=1S/C12H14ClN3O3/c1-18-5-3-16-12(17)11(13)10(7-15-16)14-6-9-2-4-19-8-9/h2,4,7-8,14H,3,5-6H2,1H3. The first-order valence-electron chi connectivity index (χ1n) is 5.72. The minimum atomic E-state index is -0.337. The second kappa shape index (κ2) is 6.40. The highest BCUT2D eigenvalue weighted by atomic mass is 35.5. The Labute approximate surface area is 114 Å². The van der Waals surface area contributed by atoms with Gasteiger partial charge in [0.15, 0.2) is 0 Å². The molecule has 6 nitrogen and oxygen atoms in total. The number of rotatable bonds is 6. The van der Waals surface area contributed by atoms with Crippen molar-refractivity contribution >= 4 is 17.3 Å². The van der Waals surface area contributed by atoms with Crippen LogP contribution in [0.4, 0.5) is 5.69 Å². The van der Waals surface area contributed by atoms with Gasteiger partial charge in [-0.15, -0.1) is 0 Å². The molecule has 2 heterocycles. The summed E-state index contributed by atoms with van der Waals surface area (Å²) < 4.78 is 11.1. The second-order valence-electron chi connectivity index (χ2n) is 3.88. The fourth-order valence-electron chi connectivity index (χ4n) is 1.52. The van der Waals surface area contributed by atoms with Crippen molar-refractivity contribution in [3.63, 3.8) is 0 Å². The van der Waals surface area contributed by atoms with Crippen molar-refractivity contribution in [3.8, 4) is 0 Å². The number of nitrogens with one attached hydrogen (secondary N) is 1. The lowest BCUT2D eigenvalue weighted by Crippen LogP contribution is -2.26. The molecule has 1 N–H and O–H groups in total. The van der Waals surface area contributed by atoms with Crippen molar-refractivity contribution in [1.29, 1.82) is 0 Å². The molecule has 0 bridgehead atoms. The van der Waals surface area contributed by atoms with E-state index >= 15 is 0 Å². The molecular weight excluding hydrogens is 270 g/mol. The molecule has 0 atom stereocenters. The lowest BCUT2D eigenvalue weighted by Gasteiger charge is -2.09. The van der Waals surface area contributed by atoms with Crippen LogP contribution in [-0.2, 0) is 17.8 Å². The summed E-state index contributed by atoms with van der Waals surface area (Å²) >= 11 is 6.02. The molecular formula is C12H14ClN3O3. The predicted octanol–water partition coefficient (Wildman–Crippen LogP) is 1.75. The van der Waals surface area contributed by atoms with Gasteiger partial charge in [-0.25, -0.2) is 4.68 Å². The smallest absolute Gasteiger partial charge is 0.287 e. The van der Waals surface area contributed by atoms with Gasteiger partial charge >= 0.3 is 0 Å². The molecule has 0 aromatic carbocycles. The van der Waals surface area contributed by atoms with Gasteiger partial charge in [0.2, 0.25) is 0 Å². The van der Waals surface area contributed by atoms with Gasteiger partial charge in [-0.05, 0) is 6.07 Å². The van der Waals surface area contributed by atoms with E-state index in [0.29, 0.717) is 25.4 Å². The van der Waals surface area contributed by atoms with Crippen LogP contribution in [0.3, 0.4) is 0 Å². The first kappa shape index (κ1) is 13.6. The molecule has 19 heavy (non-hydrogen) atoms. The average Bonchev–Trinajstić information content (AvgIpc) is 2.92. The molecule has 0 saturated carbocycles. The second-order valence-corrected chi connectivity index (χ2v) is 4.26. The number of anilines is 1. The highest BCUT2D eigenvalue weighted by Gasteiger charge is 2.09. The minimum absolute atomic E-state index is 0.120. The van der Waals surface area contributed by atoms with Crippen molar-refractivity contribution in [2.24, 2.45) is 0 Å². The largest absolute Gasteiger partial charge is 0.472 e. The number of methoxy groups -OCH3 is 1. The first-order chi connectivity index (χ1) is 9.22. The third-order valence-corrected chi connectivity index (χ3v) is 2.92. The monoisotopic (exact) mass is 283 g/mol. The molecule has 0 fully saturated rings. The fraction of sp³-hybridized carbons (Fsp3) is 0.333. The average molecular weight is 284 g/mol. The minimum Gasteiger partial charge on any atom is -0.472 e. The number of halogens is 1. The molecule has 2 rings (SSSR count). The number of nitrogens with zero attached hydrogens (tertiary/aromatic N) is 2. The van der Waals surface area contributed by atoms with Gasteiger partial charge in [0, 0.05) is 19.2 Å². The SMILES string of the molecule is COCCn1ncc(NCc2ccoc2)c(Cl)c1=O. The highest BCUT2D eigenvalue weighted by Crippen LogP contribution is 2.16. The summed E-state index contributed by atoms with van der Waals surface area (Å²) in [5, 5.41) is 7.19. The van der Waals surface area contributed by atoms with E-state index in [2.05, 4.69) is 10.4 Å². The molecule has 2 aromatic heterocycles. The van der Waals surface area contributed by atoms with E-state index in [9.17, 15) is 4.79 Å². The number of aromatic nitrogens is 2. The van der Waals surface area contributed by atoms with Crippen molar-refractivity contribution in [3.05, 3.63) is 45.7 Å². The zero-order chi connectivity index (χ0) is 13.7. The van der Waals surface area contributed by atoms with Crippen LogP contribution < -0.4 is 10.9 Å². The molecule has 0 aliphatic carbocycles. The van der Waals surface area contributed by atoms with E-state index in [0.717, 1.165) is 5.56 Å². The quantitative estimate of drug-likeness (QED) is 0.875. The van der Waals surface area contributed by atoms with Crippen molar-refractivity contribution < 1.29 is 9.15 Å². The number of hydrogen-bond donors (Lipinski definition) is 1.